The summed E-state index contributed by atoms with van der Waals surface area (Å²) in [6.45, 7) is -0.276. The molecule has 0 spiro atoms. The molecule has 3 rings (SSSR count). The molecular formula is C18H12Cl2N2O4S. The van der Waals surface area contributed by atoms with Gasteiger partial charge >= 0.3 is 0 Å². The summed E-state index contributed by atoms with van der Waals surface area (Å²) in [5.74, 6) is -0.554. The van der Waals surface area contributed by atoms with Gasteiger partial charge in [0.05, 0.1) is 15.6 Å². The van der Waals surface area contributed by atoms with Gasteiger partial charge in [-0.15, -0.1) is 0 Å². The fraction of sp³-hybridized carbons (Fsp3) is 0.0556. The first-order valence-electron chi connectivity index (χ1n) is 7.64. The number of hydrogen-bond donors (Lipinski definition) is 2. The van der Waals surface area contributed by atoms with E-state index in [4.69, 9.17) is 27.9 Å². The normalized spacial score (nSPS) is 15.0. The van der Waals surface area contributed by atoms with Crippen molar-refractivity contribution in [2.75, 3.05) is 11.9 Å². The summed E-state index contributed by atoms with van der Waals surface area (Å²) in [5.41, 5.74) is 0.948. The standard InChI is InChI=1S/C18H12Cl2N2O4S/c19-11-5-6-14(10(7-11)8-15-17(24)22-18(25)27-15)26-9-16(23)21-13-4-2-1-3-12(13)20/h1-8H,9H2,(H,21,23)(H,22,24,25)/b15-8-. The molecule has 0 radical (unpaired) electrons. The Balaban J connectivity index is 1.73. The third-order valence-electron chi connectivity index (χ3n) is 3.41. The number of thioether (sulfide) groups is 1. The fourth-order valence-corrected chi connectivity index (χ4v) is 3.25. The average Bonchev–Trinajstić information content (AvgIpc) is 2.93. The molecule has 1 fully saturated rings. The number of ether oxygens (including phenoxy) is 1. The zero-order valence-electron chi connectivity index (χ0n) is 13.6. The summed E-state index contributed by atoms with van der Waals surface area (Å²) >= 11 is 12.8. The highest BCUT2D eigenvalue weighted by atomic mass is 35.5. The van der Waals surface area contributed by atoms with Gasteiger partial charge in [0.15, 0.2) is 6.61 Å². The maximum Gasteiger partial charge on any atom is 0.290 e. The summed E-state index contributed by atoms with van der Waals surface area (Å²) in [7, 11) is 0. The molecule has 1 saturated heterocycles. The zero-order chi connectivity index (χ0) is 19.4. The lowest BCUT2D eigenvalue weighted by molar-refractivity contribution is -0.118. The van der Waals surface area contributed by atoms with Crippen molar-refractivity contribution in [1.82, 2.24) is 5.32 Å². The molecule has 2 N–H and O–H groups in total. The van der Waals surface area contributed by atoms with Crippen molar-refractivity contribution >= 4 is 63.8 Å². The minimum Gasteiger partial charge on any atom is -0.483 e. The molecule has 0 aliphatic carbocycles. The van der Waals surface area contributed by atoms with Gasteiger partial charge in [-0.2, -0.15) is 0 Å². The van der Waals surface area contributed by atoms with E-state index in [0.29, 0.717) is 27.0 Å². The first-order valence-corrected chi connectivity index (χ1v) is 9.21. The van der Waals surface area contributed by atoms with Gasteiger partial charge in [-0.3, -0.25) is 19.7 Å². The molecule has 6 nitrogen and oxygen atoms in total. The SMILES string of the molecule is O=C(COc1ccc(Cl)cc1/C=C1\SC(=O)NC1=O)Nc1ccccc1Cl. The molecule has 3 amide bonds. The van der Waals surface area contributed by atoms with Crippen LogP contribution in [-0.2, 0) is 9.59 Å². The third-order valence-corrected chi connectivity index (χ3v) is 4.78. The van der Waals surface area contributed by atoms with E-state index in [1.54, 1.807) is 42.5 Å². The maximum atomic E-state index is 12.1. The summed E-state index contributed by atoms with van der Waals surface area (Å²) < 4.78 is 5.55. The number of para-hydroxylation sites is 1. The minimum absolute atomic E-state index is 0.215. The van der Waals surface area contributed by atoms with Crippen molar-refractivity contribution < 1.29 is 19.1 Å². The fourth-order valence-electron chi connectivity index (χ4n) is 2.22. The Morgan fingerprint density at radius 2 is 1.96 bits per heavy atom. The Hall–Kier alpha value is -2.48. The van der Waals surface area contributed by atoms with E-state index in [2.05, 4.69) is 10.6 Å². The second kappa shape index (κ2) is 8.47. The highest BCUT2D eigenvalue weighted by Crippen LogP contribution is 2.31. The van der Waals surface area contributed by atoms with Crippen LogP contribution < -0.4 is 15.4 Å². The van der Waals surface area contributed by atoms with Crippen molar-refractivity contribution in [1.29, 1.82) is 0 Å². The molecule has 2 aromatic rings. The number of carbonyl (C=O) groups excluding carboxylic acids is 3. The Labute approximate surface area is 168 Å². The molecule has 1 aliphatic rings. The first kappa shape index (κ1) is 19.3. The molecule has 0 bridgehead atoms. The third kappa shape index (κ3) is 5.03. The molecule has 0 saturated carbocycles. The molecule has 27 heavy (non-hydrogen) atoms. The van der Waals surface area contributed by atoms with Crippen LogP contribution in [0.1, 0.15) is 5.56 Å². The second-order valence-electron chi connectivity index (χ2n) is 5.35. The van der Waals surface area contributed by atoms with E-state index in [9.17, 15) is 14.4 Å². The van der Waals surface area contributed by atoms with Crippen LogP contribution in [0.5, 0.6) is 5.75 Å². The number of benzene rings is 2. The number of halogens is 2. The van der Waals surface area contributed by atoms with Crippen LogP contribution in [0.15, 0.2) is 47.4 Å². The predicted molar refractivity (Wildman–Crippen MR) is 106 cm³/mol. The summed E-state index contributed by atoms with van der Waals surface area (Å²) in [6.07, 6.45) is 1.48. The van der Waals surface area contributed by atoms with E-state index < -0.39 is 17.1 Å². The monoisotopic (exact) mass is 422 g/mol. The topological polar surface area (TPSA) is 84.5 Å². The largest absolute Gasteiger partial charge is 0.483 e. The van der Waals surface area contributed by atoms with Crippen molar-refractivity contribution in [3.63, 3.8) is 0 Å². The Kier molecular flexibility index (Phi) is 6.05. The van der Waals surface area contributed by atoms with Crippen LogP contribution in [0.4, 0.5) is 10.5 Å². The van der Waals surface area contributed by atoms with Crippen LogP contribution >= 0.6 is 35.0 Å². The van der Waals surface area contributed by atoms with Crippen molar-refractivity contribution in [2.24, 2.45) is 0 Å². The van der Waals surface area contributed by atoms with Gasteiger partial charge in [0.25, 0.3) is 17.1 Å². The molecular weight excluding hydrogens is 411 g/mol. The average molecular weight is 423 g/mol. The smallest absolute Gasteiger partial charge is 0.290 e. The number of hydrogen-bond acceptors (Lipinski definition) is 5. The van der Waals surface area contributed by atoms with Gasteiger partial charge in [-0.25, -0.2) is 0 Å². The number of anilines is 1. The molecule has 0 aromatic heterocycles. The van der Waals surface area contributed by atoms with Gasteiger partial charge in [-0.1, -0.05) is 35.3 Å². The number of nitrogens with one attached hydrogen (secondary N) is 2. The highest BCUT2D eigenvalue weighted by Gasteiger charge is 2.25. The van der Waals surface area contributed by atoms with Crippen molar-refractivity contribution in [3.05, 3.63) is 63.0 Å². The van der Waals surface area contributed by atoms with Crippen LogP contribution in [0.25, 0.3) is 6.08 Å². The lowest BCUT2D eigenvalue weighted by Crippen LogP contribution is -2.20. The lowest BCUT2D eigenvalue weighted by atomic mass is 10.2. The molecule has 9 heteroatoms. The number of rotatable bonds is 5. The van der Waals surface area contributed by atoms with Crippen molar-refractivity contribution in [2.45, 2.75) is 0 Å². The lowest BCUT2D eigenvalue weighted by Gasteiger charge is -2.11. The van der Waals surface area contributed by atoms with Crippen LogP contribution in [0, 0.1) is 0 Å². The Morgan fingerprint density at radius 3 is 2.67 bits per heavy atom. The zero-order valence-corrected chi connectivity index (χ0v) is 16.0. The number of imide groups is 1. The van der Waals surface area contributed by atoms with E-state index >= 15 is 0 Å². The molecule has 0 unspecified atom stereocenters. The molecule has 1 aliphatic heterocycles. The number of carbonyl (C=O) groups is 3. The van der Waals surface area contributed by atoms with E-state index in [1.165, 1.54) is 6.08 Å². The minimum atomic E-state index is -0.493. The quantitative estimate of drug-likeness (QED) is 0.700. The van der Waals surface area contributed by atoms with E-state index in [0.717, 1.165) is 11.8 Å². The van der Waals surface area contributed by atoms with Crippen LogP contribution in [0.3, 0.4) is 0 Å². The predicted octanol–water partition coefficient (Wildman–Crippen LogP) is 4.33. The van der Waals surface area contributed by atoms with Gasteiger partial charge in [0, 0.05) is 10.6 Å². The highest BCUT2D eigenvalue weighted by molar-refractivity contribution is 8.18. The Morgan fingerprint density at radius 1 is 1.19 bits per heavy atom. The molecule has 0 atom stereocenters. The van der Waals surface area contributed by atoms with Crippen LogP contribution in [-0.4, -0.2) is 23.7 Å². The summed E-state index contributed by atoms with van der Waals surface area (Å²) in [5, 5.41) is 5.20. The van der Waals surface area contributed by atoms with Gasteiger partial charge in [0.2, 0.25) is 0 Å². The van der Waals surface area contributed by atoms with E-state index in [-0.39, 0.29) is 11.5 Å². The van der Waals surface area contributed by atoms with Gasteiger partial charge in [-0.05, 0) is 48.2 Å². The summed E-state index contributed by atoms with van der Waals surface area (Å²) in [4.78, 5) is 35.3. The van der Waals surface area contributed by atoms with Crippen molar-refractivity contribution in [3.8, 4) is 5.75 Å². The Bertz CT molecular complexity index is 962. The molecule has 2 aromatic carbocycles. The molecule has 1 heterocycles. The van der Waals surface area contributed by atoms with Gasteiger partial charge < -0.3 is 10.1 Å². The first-order chi connectivity index (χ1) is 12.9. The van der Waals surface area contributed by atoms with Crippen LogP contribution in [0.2, 0.25) is 10.0 Å². The van der Waals surface area contributed by atoms with E-state index in [1.807, 2.05) is 0 Å². The summed E-state index contributed by atoms with van der Waals surface area (Å²) in [6, 6.07) is 11.6. The second-order valence-corrected chi connectivity index (χ2v) is 7.21. The maximum absolute atomic E-state index is 12.1. The van der Waals surface area contributed by atoms with Gasteiger partial charge in [0.1, 0.15) is 5.75 Å². The number of amides is 3. The molecule has 138 valence electrons.